The highest BCUT2D eigenvalue weighted by molar-refractivity contribution is 5.59. The number of anilines is 3. The van der Waals surface area contributed by atoms with Crippen LogP contribution in [-0.2, 0) is 6.18 Å². The molecule has 0 atom stereocenters. The number of nitrogens with one attached hydrogen (secondary N) is 2. The van der Waals surface area contributed by atoms with Gasteiger partial charge in [-0.15, -0.1) is 0 Å². The van der Waals surface area contributed by atoms with Gasteiger partial charge in [0.1, 0.15) is 11.4 Å². The van der Waals surface area contributed by atoms with Gasteiger partial charge in [-0.1, -0.05) is 32.0 Å². The van der Waals surface area contributed by atoms with E-state index in [2.05, 4.69) is 30.6 Å². The molecule has 0 saturated heterocycles. The minimum atomic E-state index is -4.55. The summed E-state index contributed by atoms with van der Waals surface area (Å²) < 4.78 is 39.1. The zero-order chi connectivity index (χ0) is 21.0. The van der Waals surface area contributed by atoms with Crippen LogP contribution in [0.1, 0.15) is 25.1 Å². The van der Waals surface area contributed by atoms with E-state index in [1.54, 1.807) is 0 Å². The Bertz CT molecular complexity index is 988. The molecule has 0 aliphatic rings. The van der Waals surface area contributed by atoms with Crippen LogP contribution in [-0.4, -0.2) is 26.5 Å². The summed E-state index contributed by atoms with van der Waals surface area (Å²) in [6.07, 6.45) is -4.55. The third kappa shape index (κ3) is 5.63. The minimum Gasteiger partial charge on any atom is -0.354 e. The summed E-state index contributed by atoms with van der Waals surface area (Å²) in [5.74, 6) is 0.853. The van der Waals surface area contributed by atoms with Crippen LogP contribution in [0.5, 0.6) is 0 Å². The molecule has 2 heterocycles. The first kappa shape index (κ1) is 20.5. The number of benzene rings is 1. The number of hydrogen-bond donors (Lipinski definition) is 2. The Hall–Kier alpha value is -3.23. The van der Waals surface area contributed by atoms with Crippen molar-refractivity contribution in [3.63, 3.8) is 0 Å². The van der Waals surface area contributed by atoms with Crippen molar-refractivity contribution in [2.45, 2.75) is 26.9 Å². The molecule has 2 aromatic heterocycles. The second-order valence-corrected chi connectivity index (χ2v) is 6.98. The topological polar surface area (TPSA) is 75.6 Å². The molecule has 0 fully saturated rings. The second-order valence-electron chi connectivity index (χ2n) is 6.98. The van der Waals surface area contributed by atoms with Gasteiger partial charge in [0.05, 0.1) is 0 Å². The van der Waals surface area contributed by atoms with E-state index in [0.717, 1.165) is 17.3 Å². The number of aryl methyl sites for hydroxylation is 1. The summed E-state index contributed by atoms with van der Waals surface area (Å²) in [6.45, 7) is 6.60. The van der Waals surface area contributed by atoms with Crippen LogP contribution in [0.4, 0.5) is 30.8 Å². The van der Waals surface area contributed by atoms with Crippen molar-refractivity contribution in [2.24, 2.45) is 5.92 Å². The Balaban J connectivity index is 2.00. The molecule has 0 saturated carbocycles. The first-order valence-corrected chi connectivity index (χ1v) is 9.09. The molecule has 0 bridgehead atoms. The molecule has 0 unspecified atom stereocenters. The Morgan fingerprint density at radius 3 is 2.34 bits per heavy atom. The van der Waals surface area contributed by atoms with Gasteiger partial charge in [0.25, 0.3) is 0 Å². The molecule has 3 rings (SSSR count). The Kier molecular flexibility index (Phi) is 5.95. The zero-order valence-electron chi connectivity index (χ0n) is 16.2. The maximum absolute atomic E-state index is 13.0. The number of halogens is 3. The Labute approximate surface area is 166 Å². The smallest absolute Gasteiger partial charge is 0.354 e. The number of alkyl halides is 3. The molecule has 0 aliphatic heterocycles. The largest absolute Gasteiger partial charge is 0.433 e. The highest BCUT2D eigenvalue weighted by Gasteiger charge is 2.32. The van der Waals surface area contributed by atoms with Crippen molar-refractivity contribution in [3.05, 3.63) is 53.7 Å². The summed E-state index contributed by atoms with van der Waals surface area (Å²) in [4.78, 5) is 16.5. The van der Waals surface area contributed by atoms with Crippen LogP contribution >= 0.6 is 0 Å². The summed E-state index contributed by atoms with van der Waals surface area (Å²) in [5, 5.41) is 6.16. The first-order valence-electron chi connectivity index (χ1n) is 9.09. The summed E-state index contributed by atoms with van der Waals surface area (Å²) in [7, 11) is 0. The fraction of sp³-hybridized carbons (Fsp3) is 0.300. The monoisotopic (exact) mass is 402 g/mol. The molecular formula is C20H21F3N6. The van der Waals surface area contributed by atoms with Gasteiger partial charge in [0.15, 0.2) is 5.82 Å². The van der Waals surface area contributed by atoms with Gasteiger partial charge in [-0.05, 0) is 42.7 Å². The third-order valence-corrected chi connectivity index (χ3v) is 3.85. The molecule has 0 aliphatic carbocycles. The lowest BCUT2D eigenvalue weighted by Gasteiger charge is -2.12. The molecule has 0 amide bonds. The normalized spacial score (nSPS) is 11.6. The van der Waals surface area contributed by atoms with Crippen LogP contribution in [0, 0.1) is 12.8 Å². The van der Waals surface area contributed by atoms with E-state index in [4.69, 9.17) is 0 Å². The zero-order valence-corrected chi connectivity index (χ0v) is 16.2. The van der Waals surface area contributed by atoms with E-state index in [1.807, 2.05) is 45.0 Å². The standard InChI is InChI=1S/C20H21F3N6/c1-12(2)11-24-18-27-17(15-8-5-9-16(26-15)20(21,22)23)28-19(29-18)25-14-7-4-6-13(3)10-14/h4-10,12H,11H2,1-3H3,(H2,24,25,27,28,29). The lowest BCUT2D eigenvalue weighted by atomic mass is 10.2. The van der Waals surface area contributed by atoms with E-state index >= 15 is 0 Å². The van der Waals surface area contributed by atoms with Crippen molar-refractivity contribution in [1.29, 1.82) is 0 Å². The molecule has 2 N–H and O–H groups in total. The Morgan fingerprint density at radius 2 is 1.66 bits per heavy atom. The fourth-order valence-corrected chi connectivity index (χ4v) is 2.49. The van der Waals surface area contributed by atoms with Gasteiger partial charge in [0.2, 0.25) is 11.9 Å². The van der Waals surface area contributed by atoms with Gasteiger partial charge < -0.3 is 10.6 Å². The van der Waals surface area contributed by atoms with Gasteiger partial charge in [0, 0.05) is 12.2 Å². The van der Waals surface area contributed by atoms with Crippen molar-refractivity contribution in [2.75, 3.05) is 17.2 Å². The number of aromatic nitrogens is 4. The molecule has 0 radical (unpaired) electrons. The van der Waals surface area contributed by atoms with E-state index in [0.29, 0.717) is 12.5 Å². The molecule has 9 heteroatoms. The van der Waals surface area contributed by atoms with Gasteiger partial charge in [-0.25, -0.2) is 4.98 Å². The maximum Gasteiger partial charge on any atom is 0.433 e. The number of nitrogens with zero attached hydrogens (tertiary/aromatic N) is 4. The maximum atomic E-state index is 13.0. The van der Waals surface area contributed by atoms with Crippen LogP contribution < -0.4 is 10.6 Å². The van der Waals surface area contributed by atoms with Crippen molar-refractivity contribution >= 4 is 17.6 Å². The lowest BCUT2D eigenvalue weighted by Crippen LogP contribution is -2.13. The lowest BCUT2D eigenvalue weighted by molar-refractivity contribution is -0.141. The average molecular weight is 402 g/mol. The van der Waals surface area contributed by atoms with Crippen LogP contribution in [0.2, 0.25) is 0 Å². The minimum absolute atomic E-state index is 0.0158. The molecule has 1 aromatic carbocycles. The number of rotatable bonds is 6. The number of hydrogen-bond acceptors (Lipinski definition) is 6. The summed E-state index contributed by atoms with van der Waals surface area (Å²) >= 11 is 0. The van der Waals surface area contributed by atoms with E-state index < -0.39 is 11.9 Å². The SMILES string of the molecule is Cc1cccc(Nc2nc(NCC(C)C)nc(-c3cccc(C(F)(F)F)n3)n2)c1. The molecule has 29 heavy (non-hydrogen) atoms. The predicted molar refractivity (Wildman–Crippen MR) is 106 cm³/mol. The predicted octanol–water partition coefficient (Wildman–Crippen LogP) is 5.07. The van der Waals surface area contributed by atoms with E-state index in [9.17, 15) is 13.2 Å². The van der Waals surface area contributed by atoms with Crippen LogP contribution in [0.15, 0.2) is 42.5 Å². The average Bonchev–Trinajstić information content (AvgIpc) is 2.66. The molecule has 3 aromatic rings. The van der Waals surface area contributed by atoms with E-state index in [1.165, 1.54) is 12.1 Å². The van der Waals surface area contributed by atoms with Crippen LogP contribution in [0.25, 0.3) is 11.5 Å². The molecule has 6 nitrogen and oxygen atoms in total. The van der Waals surface area contributed by atoms with Gasteiger partial charge in [-0.2, -0.15) is 28.1 Å². The van der Waals surface area contributed by atoms with Crippen molar-refractivity contribution in [3.8, 4) is 11.5 Å². The molecule has 0 spiro atoms. The quantitative estimate of drug-likeness (QED) is 0.599. The summed E-state index contributed by atoms with van der Waals surface area (Å²) in [5.41, 5.74) is 0.818. The van der Waals surface area contributed by atoms with Crippen molar-refractivity contribution < 1.29 is 13.2 Å². The van der Waals surface area contributed by atoms with E-state index in [-0.39, 0.29) is 23.4 Å². The highest BCUT2D eigenvalue weighted by Crippen LogP contribution is 2.29. The highest BCUT2D eigenvalue weighted by atomic mass is 19.4. The first-order chi connectivity index (χ1) is 13.7. The molecule has 152 valence electrons. The number of pyridine rings is 1. The Morgan fingerprint density at radius 1 is 0.931 bits per heavy atom. The van der Waals surface area contributed by atoms with Gasteiger partial charge >= 0.3 is 6.18 Å². The fourth-order valence-electron chi connectivity index (χ4n) is 2.49. The van der Waals surface area contributed by atoms with Crippen molar-refractivity contribution in [1.82, 2.24) is 19.9 Å². The summed E-state index contributed by atoms with van der Waals surface area (Å²) in [6, 6.07) is 11.2. The van der Waals surface area contributed by atoms with Gasteiger partial charge in [-0.3, -0.25) is 0 Å². The third-order valence-electron chi connectivity index (χ3n) is 3.85. The van der Waals surface area contributed by atoms with Crippen LogP contribution in [0.3, 0.4) is 0 Å². The molecular weight excluding hydrogens is 381 g/mol. The second kappa shape index (κ2) is 8.42.